The van der Waals surface area contributed by atoms with Crippen molar-refractivity contribution in [1.82, 2.24) is 0 Å². The van der Waals surface area contributed by atoms with E-state index in [1.165, 1.54) is 0 Å². The first-order valence-corrected chi connectivity index (χ1v) is 4.87. The van der Waals surface area contributed by atoms with Crippen molar-refractivity contribution in [2.75, 3.05) is 7.11 Å². The lowest BCUT2D eigenvalue weighted by Crippen LogP contribution is -2.12. The second kappa shape index (κ2) is 5.66. The number of hydrogen-bond donors (Lipinski definition) is 0. The van der Waals surface area contributed by atoms with Crippen LogP contribution >= 0.6 is 0 Å². The van der Waals surface area contributed by atoms with Crippen LogP contribution in [0.1, 0.15) is 27.7 Å². The zero-order valence-corrected chi connectivity index (χ0v) is 9.42. The number of alkyl halides is 3. The van der Waals surface area contributed by atoms with E-state index in [1.807, 2.05) is 0 Å². The summed E-state index contributed by atoms with van der Waals surface area (Å²) in [6.45, 7) is 2.97. The fourth-order valence-electron chi connectivity index (χ4n) is 1.39. The molecular formula is C12H10F4O2. The van der Waals surface area contributed by atoms with Gasteiger partial charge in [-0.25, -0.2) is 22.4 Å². The van der Waals surface area contributed by atoms with E-state index in [-0.39, 0.29) is 11.1 Å². The van der Waals surface area contributed by atoms with Gasteiger partial charge >= 0.3 is 5.97 Å². The van der Waals surface area contributed by atoms with E-state index in [1.54, 1.807) is 0 Å². The van der Waals surface area contributed by atoms with Gasteiger partial charge < -0.3 is 4.74 Å². The van der Waals surface area contributed by atoms with Crippen LogP contribution in [-0.2, 0) is 4.74 Å². The first kappa shape index (κ1) is 14.2. The third-order valence-corrected chi connectivity index (χ3v) is 2.29. The molecule has 0 aliphatic heterocycles. The molecule has 0 amide bonds. The molecule has 0 aliphatic rings. The molecule has 0 N–H and O–H groups in total. The van der Waals surface area contributed by atoms with Gasteiger partial charge in [-0.3, -0.25) is 0 Å². The summed E-state index contributed by atoms with van der Waals surface area (Å²) in [5, 5.41) is 0. The molecule has 0 bridgehead atoms. The van der Waals surface area contributed by atoms with Gasteiger partial charge in [0.2, 0.25) is 0 Å². The molecule has 0 aromatic heterocycles. The molecule has 1 rings (SSSR count). The molecule has 1 unspecified atom stereocenters. The lowest BCUT2D eigenvalue weighted by Gasteiger charge is -2.13. The molecule has 1 aromatic rings. The van der Waals surface area contributed by atoms with Gasteiger partial charge in [0.05, 0.1) is 12.7 Å². The van der Waals surface area contributed by atoms with E-state index in [0.29, 0.717) is 0 Å². The highest BCUT2D eigenvalue weighted by Gasteiger charge is 2.27. The monoisotopic (exact) mass is 262 g/mol. The van der Waals surface area contributed by atoms with Gasteiger partial charge in [0.25, 0.3) is 6.43 Å². The second-order valence-electron chi connectivity index (χ2n) is 3.43. The number of esters is 1. The fourth-order valence-corrected chi connectivity index (χ4v) is 1.39. The quantitative estimate of drug-likeness (QED) is 0.611. The van der Waals surface area contributed by atoms with E-state index >= 15 is 0 Å². The Hall–Kier alpha value is -1.85. The van der Waals surface area contributed by atoms with E-state index in [4.69, 9.17) is 0 Å². The maximum absolute atomic E-state index is 13.3. The van der Waals surface area contributed by atoms with Gasteiger partial charge in [0, 0.05) is 11.1 Å². The summed E-state index contributed by atoms with van der Waals surface area (Å²) >= 11 is 0. The van der Waals surface area contributed by atoms with Crippen molar-refractivity contribution in [3.63, 3.8) is 0 Å². The van der Waals surface area contributed by atoms with Crippen molar-refractivity contribution in [1.29, 1.82) is 0 Å². The average molecular weight is 262 g/mol. The van der Waals surface area contributed by atoms with Gasteiger partial charge in [-0.2, -0.15) is 0 Å². The predicted molar refractivity (Wildman–Crippen MR) is 57.8 cm³/mol. The summed E-state index contributed by atoms with van der Waals surface area (Å²) in [5.41, 5.74) is -1.15. The normalized spacial score (nSPS) is 12.3. The highest BCUT2D eigenvalue weighted by atomic mass is 19.3. The molecule has 98 valence electrons. The Balaban J connectivity index is 3.35. The van der Waals surface area contributed by atoms with Crippen LogP contribution in [0, 0.1) is 0 Å². The maximum atomic E-state index is 13.3. The Kier molecular flexibility index (Phi) is 4.47. The van der Waals surface area contributed by atoms with Gasteiger partial charge in [-0.1, -0.05) is 12.6 Å². The fraction of sp³-hybridized carbons (Fsp3) is 0.250. The molecular weight excluding hydrogens is 252 g/mol. The summed E-state index contributed by atoms with van der Waals surface area (Å²) in [7, 11) is 1.03. The Morgan fingerprint density at radius 2 is 1.94 bits per heavy atom. The molecule has 0 radical (unpaired) electrons. The number of hydrogen-bond acceptors (Lipinski definition) is 2. The third-order valence-electron chi connectivity index (χ3n) is 2.29. The molecule has 0 saturated heterocycles. The molecule has 18 heavy (non-hydrogen) atoms. The number of rotatable bonds is 4. The van der Waals surface area contributed by atoms with Crippen LogP contribution in [-0.4, -0.2) is 19.5 Å². The zero-order chi connectivity index (χ0) is 13.9. The van der Waals surface area contributed by atoms with Crippen LogP contribution in [0.3, 0.4) is 0 Å². The van der Waals surface area contributed by atoms with Crippen LogP contribution < -0.4 is 0 Å². The number of carbonyl (C=O) groups excluding carboxylic acids is 1. The van der Waals surface area contributed by atoms with Crippen molar-refractivity contribution < 1.29 is 27.1 Å². The largest absolute Gasteiger partial charge is 0.465 e. The zero-order valence-electron chi connectivity index (χ0n) is 9.42. The summed E-state index contributed by atoms with van der Waals surface area (Å²) in [6, 6.07) is 2.98. The van der Waals surface area contributed by atoms with E-state index in [2.05, 4.69) is 11.3 Å². The van der Waals surface area contributed by atoms with E-state index < -0.39 is 30.0 Å². The van der Waals surface area contributed by atoms with Crippen LogP contribution in [0.15, 0.2) is 24.8 Å². The lowest BCUT2D eigenvalue weighted by molar-refractivity contribution is 0.0464. The Morgan fingerprint density at radius 3 is 2.39 bits per heavy atom. The molecule has 0 aliphatic carbocycles. The number of ether oxygens (including phenoxy) is 1. The maximum Gasteiger partial charge on any atom is 0.338 e. The Morgan fingerprint density at radius 1 is 1.33 bits per heavy atom. The lowest BCUT2D eigenvalue weighted by atomic mass is 10.00. The first-order valence-electron chi connectivity index (χ1n) is 4.87. The Labute approximate surface area is 101 Å². The number of benzene rings is 1. The highest BCUT2D eigenvalue weighted by molar-refractivity contribution is 5.91. The number of carbonyl (C=O) groups is 1. The second-order valence-corrected chi connectivity index (χ2v) is 3.43. The summed E-state index contributed by atoms with van der Waals surface area (Å²) in [4.78, 5) is 11.3. The number of halogens is 4. The van der Waals surface area contributed by atoms with Crippen LogP contribution in [0.2, 0.25) is 0 Å². The highest BCUT2D eigenvalue weighted by Crippen LogP contribution is 2.30. The van der Waals surface area contributed by atoms with E-state index in [9.17, 15) is 22.4 Å². The van der Waals surface area contributed by atoms with Crippen molar-refractivity contribution in [2.24, 2.45) is 0 Å². The smallest absolute Gasteiger partial charge is 0.338 e. The summed E-state index contributed by atoms with van der Waals surface area (Å²) in [5.74, 6) is -1.88. The van der Waals surface area contributed by atoms with Gasteiger partial charge in [-0.15, -0.1) is 0 Å². The molecule has 6 heteroatoms. The minimum atomic E-state index is -3.32. The van der Waals surface area contributed by atoms with Crippen molar-refractivity contribution in [3.8, 4) is 0 Å². The van der Waals surface area contributed by atoms with Crippen LogP contribution in [0.5, 0.6) is 0 Å². The van der Waals surface area contributed by atoms with Crippen molar-refractivity contribution in [2.45, 2.75) is 12.6 Å². The minimum Gasteiger partial charge on any atom is -0.465 e. The molecule has 0 heterocycles. The molecule has 0 saturated carbocycles. The van der Waals surface area contributed by atoms with Crippen molar-refractivity contribution in [3.05, 3.63) is 41.5 Å². The SMILES string of the molecule is C=C(F)c1ccc(C(=O)OC)c(C(F)C(F)F)c1. The standard InChI is InChI=1S/C12H10F4O2/c1-6(13)7-3-4-8(12(17)18-2)9(5-7)10(14)11(15)16/h3-5,10-11H,1H2,2H3. The number of methoxy groups -OCH3 is 1. The van der Waals surface area contributed by atoms with Gasteiger partial charge in [0.1, 0.15) is 5.83 Å². The van der Waals surface area contributed by atoms with Crippen LogP contribution in [0.4, 0.5) is 17.6 Å². The molecule has 1 atom stereocenters. The summed E-state index contributed by atoms with van der Waals surface area (Å²) < 4.78 is 55.3. The van der Waals surface area contributed by atoms with Gasteiger partial charge in [-0.05, 0) is 12.1 Å². The minimum absolute atomic E-state index is 0.166. The molecule has 0 spiro atoms. The molecule has 0 fully saturated rings. The Bertz CT molecular complexity index is 471. The van der Waals surface area contributed by atoms with E-state index in [0.717, 1.165) is 25.3 Å². The predicted octanol–water partition coefficient (Wildman–Crippen LogP) is 3.69. The first-order chi connectivity index (χ1) is 8.38. The topological polar surface area (TPSA) is 26.3 Å². The summed E-state index contributed by atoms with van der Waals surface area (Å²) in [6.07, 6.45) is -6.02. The van der Waals surface area contributed by atoms with Crippen LogP contribution in [0.25, 0.3) is 5.83 Å². The third kappa shape index (κ3) is 2.88. The molecule has 2 nitrogen and oxygen atoms in total. The molecule has 1 aromatic carbocycles. The van der Waals surface area contributed by atoms with Gasteiger partial charge in [0.15, 0.2) is 6.17 Å². The average Bonchev–Trinajstić information content (AvgIpc) is 2.35. The van der Waals surface area contributed by atoms with Crippen molar-refractivity contribution >= 4 is 11.8 Å².